The molecule has 1 amide bonds. The first-order chi connectivity index (χ1) is 12.0. The molecule has 0 radical (unpaired) electrons. The zero-order valence-corrected chi connectivity index (χ0v) is 13.9. The van der Waals surface area contributed by atoms with Crippen molar-refractivity contribution in [2.24, 2.45) is 0 Å². The second-order valence-corrected chi connectivity index (χ2v) is 5.72. The van der Waals surface area contributed by atoms with Gasteiger partial charge >= 0.3 is 6.01 Å². The molecular formula is C17H18FN5O2. The van der Waals surface area contributed by atoms with Gasteiger partial charge in [0.25, 0.3) is 5.91 Å². The minimum Gasteiger partial charge on any atom is -0.408 e. The molecule has 130 valence electrons. The van der Waals surface area contributed by atoms with Gasteiger partial charge in [-0.15, -0.1) is 5.10 Å². The molecule has 1 aromatic carbocycles. The first kappa shape index (κ1) is 16.7. The van der Waals surface area contributed by atoms with Crippen LogP contribution in [0, 0.1) is 5.82 Å². The number of aromatic amines is 1. The molecule has 8 heteroatoms. The number of halogens is 1. The van der Waals surface area contributed by atoms with Crippen molar-refractivity contribution in [3.63, 3.8) is 0 Å². The van der Waals surface area contributed by atoms with Crippen LogP contribution in [0.1, 0.15) is 27.6 Å². The summed E-state index contributed by atoms with van der Waals surface area (Å²) in [7, 11) is 3.38. The quantitative estimate of drug-likeness (QED) is 0.718. The zero-order valence-electron chi connectivity index (χ0n) is 13.9. The van der Waals surface area contributed by atoms with Gasteiger partial charge in [0.2, 0.25) is 5.89 Å². The Bertz CT molecular complexity index is 871. The van der Waals surface area contributed by atoms with Crippen molar-refractivity contribution in [1.29, 1.82) is 0 Å². The van der Waals surface area contributed by atoms with Gasteiger partial charge in [0.1, 0.15) is 11.5 Å². The molecule has 0 atom stereocenters. The van der Waals surface area contributed by atoms with Gasteiger partial charge in [0.05, 0.1) is 13.0 Å². The van der Waals surface area contributed by atoms with E-state index in [1.165, 1.54) is 11.0 Å². The molecule has 0 aliphatic carbocycles. The van der Waals surface area contributed by atoms with Crippen LogP contribution in [0.4, 0.5) is 10.4 Å². The van der Waals surface area contributed by atoms with Crippen molar-refractivity contribution < 1.29 is 13.6 Å². The Balaban J connectivity index is 1.59. The molecule has 0 unspecified atom stereocenters. The summed E-state index contributed by atoms with van der Waals surface area (Å²) in [6, 6.07) is 10.2. The molecule has 0 saturated carbocycles. The minimum absolute atomic E-state index is 0.101. The lowest BCUT2D eigenvalue weighted by Gasteiger charge is -2.07. The summed E-state index contributed by atoms with van der Waals surface area (Å²) in [5.41, 5.74) is 1.81. The van der Waals surface area contributed by atoms with E-state index in [-0.39, 0.29) is 24.2 Å². The Morgan fingerprint density at radius 1 is 1.24 bits per heavy atom. The summed E-state index contributed by atoms with van der Waals surface area (Å²) in [5.74, 6) is -0.0848. The van der Waals surface area contributed by atoms with E-state index in [9.17, 15) is 9.18 Å². The van der Waals surface area contributed by atoms with Crippen LogP contribution >= 0.6 is 0 Å². The second-order valence-electron chi connectivity index (χ2n) is 5.72. The van der Waals surface area contributed by atoms with Crippen LogP contribution in [0.5, 0.6) is 0 Å². The number of nitrogens with one attached hydrogen (secondary N) is 2. The third kappa shape index (κ3) is 4.03. The first-order valence-electron chi connectivity index (χ1n) is 7.72. The van der Waals surface area contributed by atoms with Crippen molar-refractivity contribution in [3.8, 4) is 0 Å². The van der Waals surface area contributed by atoms with Crippen LogP contribution in [0.15, 0.2) is 40.8 Å². The number of hydrogen-bond acceptors (Lipinski definition) is 5. The van der Waals surface area contributed by atoms with E-state index in [0.29, 0.717) is 23.7 Å². The van der Waals surface area contributed by atoms with Crippen LogP contribution in [0.2, 0.25) is 0 Å². The number of benzene rings is 1. The lowest BCUT2D eigenvalue weighted by Crippen LogP contribution is -2.22. The molecule has 3 aromatic rings. The van der Waals surface area contributed by atoms with E-state index < -0.39 is 0 Å². The van der Waals surface area contributed by atoms with E-state index in [2.05, 4.69) is 20.5 Å². The summed E-state index contributed by atoms with van der Waals surface area (Å²) in [6.45, 7) is 0.391. The molecule has 0 fully saturated rings. The molecule has 2 heterocycles. The van der Waals surface area contributed by atoms with Crippen molar-refractivity contribution in [2.75, 3.05) is 19.4 Å². The number of carbonyl (C=O) groups is 1. The molecule has 2 aromatic heterocycles. The fourth-order valence-electron chi connectivity index (χ4n) is 2.28. The number of hydrogen-bond donors (Lipinski definition) is 2. The molecule has 3 rings (SSSR count). The maximum Gasteiger partial charge on any atom is 0.315 e. The topological polar surface area (TPSA) is 87.1 Å². The molecule has 0 aliphatic rings. The van der Waals surface area contributed by atoms with Crippen molar-refractivity contribution in [1.82, 2.24) is 20.1 Å². The number of carbonyl (C=O) groups excluding carboxylic acids is 1. The summed E-state index contributed by atoms with van der Waals surface area (Å²) >= 11 is 0. The average molecular weight is 343 g/mol. The Hall–Kier alpha value is -3.16. The first-order valence-corrected chi connectivity index (χ1v) is 7.72. The van der Waals surface area contributed by atoms with Gasteiger partial charge in [-0.2, -0.15) is 0 Å². The summed E-state index contributed by atoms with van der Waals surface area (Å²) in [4.78, 5) is 16.4. The van der Waals surface area contributed by atoms with Crippen LogP contribution in [0.25, 0.3) is 0 Å². The third-order valence-corrected chi connectivity index (χ3v) is 3.58. The Morgan fingerprint density at radius 2 is 2.04 bits per heavy atom. The highest BCUT2D eigenvalue weighted by Crippen LogP contribution is 2.14. The van der Waals surface area contributed by atoms with Crippen LogP contribution in [-0.2, 0) is 13.0 Å². The lowest BCUT2D eigenvalue weighted by atomic mass is 10.1. The van der Waals surface area contributed by atoms with Gasteiger partial charge in [0, 0.05) is 19.8 Å². The standard InChI is InChI=1S/C17H18FN5O2/c1-23(2)16(24)14-8-7-12(20-14)10-19-17-22-21-15(25-17)9-11-5-3-4-6-13(11)18/h3-8,20H,9-10H2,1-2H3,(H,19,22). The van der Waals surface area contributed by atoms with Crippen LogP contribution in [-0.4, -0.2) is 40.1 Å². The van der Waals surface area contributed by atoms with E-state index in [0.717, 1.165) is 5.69 Å². The van der Waals surface area contributed by atoms with Gasteiger partial charge in [0.15, 0.2) is 0 Å². The lowest BCUT2D eigenvalue weighted by molar-refractivity contribution is 0.0822. The number of amides is 1. The molecule has 25 heavy (non-hydrogen) atoms. The minimum atomic E-state index is -0.306. The second kappa shape index (κ2) is 7.16. The predicted molar refractivity (Wildman–Crippen MR) is 89.6 cm³/mol. The van der Waals surface area contributed by atoms with Gasteiger partial charge < -0.3 is 19.6 Å². The number of anilines is 1. The highest BCUT2D eigenvalue weighted by atomic mass is 19.1. The predicted octanol–water partition coefficient (Wildman–Crippen LogP) is 2.44. The fourth-order valence-corrected chi connectivity index (χ4v) is 2.28. The van der Waals surface area contributed by atoms with E-state index in [1.54, 1.807) is 44.4 Å². The van der Waals surface area contributed by atoms with Gasteiger partial charge in [-0.3, -0.25) is 4.79 Å². The maximum atomic E-state index is 13.6. The zero-order chi connectivity index (χ0) is 17.8. The molecular weight excluding hydrogens is 325 g/mol. The largest absolute Gasteiger partial charge is 0.408 e. The number of aromatic nitrogens is 3. The van der Waals surface area contributed by atoms with Gasteiger partial charge in [-0.25, -0.2) is 4.39 Å². The van der Waals surface area contributed by atoms with E-state index >= 15 is 0 Å². The van der Waals surface area contributed by atoms with Crippen LogP contribution in [0.3, 0.4) is 0 Å². The Morgan fingerprint density at radius 3 is 2.80 bits per heavy atom. The molecule has 0 bridgehead atoms. The molecule has 0 saturated heterocycles. The molecule has 7 nitrogen and oxygen atoms in total. The molecule has 0 aliphatic heterocycles. The number of rotatable bonds is 6. The molecule has 0 spiro atoms. The summed E-state index contributed by atoms with van der Waals surface area (Å²) in [5, 5.41) is 10.8. The molecule has 2 N–H and O–H groups in total. The third-order valence-electron chi connectivity index (χ3n) is 3.58. The van der Waals surface area contributed by atoms with Crippen molar-refractivity contribution in [2.45, 2.75) is 13.0 Å². The monoisotopic (exact) mass is 343 g/mol. The fraction of sp³-hybridized carbons (Fsp3) is 0.235. The number of H-pyrrole nitrogens is 1. The van der Waals surface area contributed by atoms with Crippen LogP contribution < -0.4 is 5.32 Å². The van der Waals surface area contributed by atoms with Gasteiger partial charge in [-0.05, 0) is 23.8 Å². The Labute approximate surface area is 143 Å². The summed E-state index contributed by atoms with van der Waals surface area (Å²) < 4.78 is 19.1. The highest BCUT2D eigenvalue weighted by molar-refractivity contribution is 5.92. The Kier molecular flexibility index (Phi) is 4.78. The van der Waals surface area contributed by atoms with E-state index in [4.69, 9.17) is 4.42 Å². The number of nitrogens with zero attached hydrogens (tertiary/aromatic N) is 3. The summed E-state index contributed by atoms with van der Waals surface area (Å²) in [6.07, 6.45) is 0.228. The maximum absolute atomic E-state index is 13.6. The normalized spacial score (nSPS) is 10.7. The van der Waals surface area contributed by atoms with Crippen molar-refractivity contribution in [3.05, 3.63) is 65.1 Å². The average Bonchev–Trinajstić information content (AvgIpc) is 3.23. The SMILES string of the molecule is CN(C)C(=O)c1ccc(CNc2nnc(Cc3ccccc3F)o2)[nH]1. The van der Waals surface area contributed by atoms with Gasteiger partial charge in [-0.1, -0.05) is 23.3 Å². The van der Waals surface area contributed by atoms with E-state index in [1.807, 2.05) is 0 Å². The highest BCUT2D eigenvalue weighted by Gasteiger charge is 2.12. The smallest absolute Gasteiger partial charge is 0.315 e. The van der Waals surface area contributed by atoms with Crippen molar-refractivity contribution >= 4 is 11.9 Å².